The first-order valence-electron chi connectivity index (χ1n) is 17.5. The van der Waals surface area contributed by atoms with E-state index in [2.05, 4.69) is 15.6 Å². The largest absolute Gasteiger partial charge is 0.481 e. The fourth-order valence-corrected chi connectivity index (χ4v) is 6.13. The molecule has 52 heavy (non-hydrogen) atoms. The number of aliphatic hydroxyl groups excluding tert-OH is 1. The van der Waals surface area contributed by atoms with Gasteiger partial charge < -0.3 is 49.4 Å². The number of thiazole rings is 1. The molecule has 2 heterocycles. The van der Waals surface area contributed by atoms with E-state index in [4.69, 9.17) is 28.8 Å². The second kappa shape index (κ2) is 22.5. The number of carbonyl (C=O) groups is 4. The van der Waals surface area contributed by atoms with Crippen LogP contribution in [0.2, 0.25) is 0 Å². The van der Waals surface area contributed by atoms with Gasteiger partial charge in [0.25, 0.3) is 0 Å². The van der Waals surface area contributed by atoms with Crippen molar-refractivity contribution in [1.82, 2.24) is 20.5 Å². The lowest BCUT2D eigenvalue weighted by Crippen LogP contribution is -2.57. The molecule has 3 unspecified atom stereocenters. The number of carboxylic acids is 1. The van der Waals surface area contributed by atoms with Crippen LogP contribution in [-0.2, 0) is 49.4 Å². The minimum Gasteiger partial charge on any atom is -0.481 e. The number of aromatic nitrogens is 1. The molecule has 0 spiro atoms. The highest BCUT2D eigenvalue weighted by atomic mass is 32.1. The summed E-state index contributed by atoms with van der Waals surface area (Å²) >= 11 is 1.57. The Hall–Kier alpha value is -3.51. The first-order valence-corrected chi connectivity index (χ1v) is 18.4. The van der Waals surface area contributed by atoms with Crippen molar-refractivity contribution in [2.24, 2.45) is 5.41 Å². The molecule has 2 aromatic rings. The number of hydrogen-bond donors (Lipinski definition) is 4. The number of benzene rings is 1. The van der Waals surface area contributed by atoms with Gasteiger partial charge in [-0.1, -0.05) is 45.0 Å². The molecule has 1 fully saturated rings. The molecule has 0 bridgehead atoms. The Bertz CT molecular complexity index is 1400. The minimum atomic E-state index is -0.922. The SMILES string of the molecule is Cc1ncsc1-c1ccc(CNC(=O)C2CC(O)CN2C(=O)C(NC(=O)CCOCCOCCOCCOCCOCCC(=O)O)C(C)(C)C)cc1. The normalized spacial score (nSPS) is 16.5. The van der Waals surface area contributed by atoms with Gasteiger partial charge in [-0.3, -0.25) is 19.2 Å². The number of nitrogens with zero attached hydrogens (tertiary/aromatic N) is 2. The van der Waals surface area contributed by atoms with E-state index in [-0.39, 0.29) is 64.0 Å². The summed E-state index contributed by atoms with van der Waals surface area (Å²) in [5.74, 6) is -2.06. The zero-order valence-corrected chi connectivity index (χ0v) is 31.4. The highest BCUT2D eigenvalue weighted by Crippen LogP contribution is 2.28. The highest BCUT2D eigenvalue weighted by molar-refractivity contribution is 7.13. The molecule has 290 valence electrons. The van der Waals surface area contributed by atoms with Gasteiger partial charge >= 0.3 is 5.97 Å². The first kappa shape index (κ1) is 42.9. The number of carbonyl (C=O) groups excluding carboxylic acids is 3. The van der Waals surface area contributed by atoms with Gasteiger partial charge in [-0.25, -0.2) is 4.98 Å². The summed E-state index contributed by atoms with van der Waals surface area (Å²) in [5.41, 5.74) is 4.05. The molecule has 0 aliphatic carbocycles. The lowest BCUT2D eigenvalue weighted by molar-refractivity contribution is -0.144. The number of amides is 3. The zero-order valence-electron chi connectivity index (χ0n) is 30.6. The van der Waals surface area contributed by atoms with Gasteiger partial charge in [0.1, 0.15) is 12.1 Å². The fraction of sp³-hybridized carbons (Fsp3) is 0.639. The lowest BCUT2D eigenvalue weighted by atomic mass is 9.85. The number of aliphatic hydroxyl groups is 1. The van der Waals surface area contributed by atoms with Crippen LogP contribution >= 0.6 is 11.3 Å². The predicted octanol–water partition coefficient (Wildman–Crippen LogP) is 2.18. The first-order chi connectivity index (χ1) is 24.9. The third kappa shape index (κ3) is 15.2. The van der Waals surface area contributed by atoms with E-state index < -0.39 is 35.5 Å². The summed E-state index contributed by atoms with van der Waals surface area (Å²) in [6.45, 7) is 10.8. The third-order valence-corrected chi connectivity index (χ3v) is 9.11. The molecule has 3 rings (SSSR count). The van der Waals surface area contributed by atoms with Crippen LogP contribution in [0.1, 0.15) is 51.3 Å². The molecule has 3 amide bonds. The number of likely N-dealkylation sites (tertiary alicyclic amines) is 1. The summed E-state index contributed by atoms with van der Waals surface area (Å²) in [6.07, 6.45) is -0.755. The molecule has 1 saturated heterocycles. The zero-order chi connectivity index (χ0) is 37.9. The van der Waals surface area contributed by atoms with E-state index in [0.717, 1.165) is 21.7 Å². The number of carboxylic acid groups (broad SMARTS) is 1. The topological polar surface area (TPSA) is 195 Å². The van der Waals surface area contributed by atoms with Gasteiger partial charge in [0, 0.05) is 25.9 Å². The molecule has 15 nitrogen and oxygen atoms in total. The Morgan fingerprint density at radius 1 is 0.885 bits per heavy atom. The van der Waals surface area contributed by atoms with Gasteiger partial charge in [0.05, 0.1) is 94.7 Å². The summed E-state index contributed by atoms with van der Waals surface area (Å²) in [6, 6.07) is 6.06. The molecule has 3 atom stereocenters. The highest BCUT2D eigenvalue weighted by Gasteiger charge is 2.44. The standard InChI is InChI=1S/C36H54N4O11S/c1-25-32(52-24-38-25)27-7-5-26(6-8-27)22-37-34(45)29-21-28(41)23-40(29)35(46)33(36(2,3)4)39-30(42)9-11-47-13-15-49-17-19-51-20-18-50-16-14-48-12-10-31(43)44/h5-8,24,28-29,33,41H,9-23H2,1-4H3,(H,37,45)(H,39,42)(H,43,44). The molecule has 1 aliphatic heterocycles. The number of ether oxygens (including phenoxy) is 5. The van der Waals surface area contributed by atoms with E-state index in [0.29, 0.717) is 46.2 Å². The Balaban J connectivity index is 1.32. The summed E-state index contributed by atoms with van der Waals surface area (Å²) < 4.78 is 26.9. The molecule has 4 N–H and O–H groups in total. The maximum atomic E-state index is 13.8. The maximum Gasteiger partial charge on any atom is 0.305 e. The maximum absolute atomic E-state index is 13.8. The van der Waals surface area contributed by atoms with Crippen molar-refractivity contribution in [3.63, 3.8) is 0 Å². The number of aliphatic carboxylic acids is 1. The summed E-state index contributed by atoms with van der Waals surface area (Å²) in [5, 5.41) is 24.7. The van der Waals surface area contributed by atoms with Crippen molar-refractivity contribution < 1.29 is 53.1 Å². The third-order valence-electron chi connectivity index (χ3n) is 8.13. The molecule has 0 radical (unpaired) electrons. The van der Waals surface area contributed by atoms with E-state index >= 15 is 0 Å². The van der Waals surface area contributed by atoms with E-state index in [1.54, 1.807) is 11.3 Å². The average molecular weight is 751 g/mol. The molecule has 16 heteroatoms. The molecule has 1 aliphatic rings. The average Bonchev–Trinajstić information content (AvgIpc) is 3.72. The Labute approximate surface area is 309 Å². The number of aryl methyl sites for hydroxylation is 1. The van der Waals surface area contributed by atoms with Gasteiger partial charge in [0.15, 0.2) is 0 Å². The Morgan fingerprint density at radius 3 is 1.92 bits per heavy atom. The number of nitrogens with one attached hydrogen (secondary N) is 2. The van der Waals surface area contributed by atoms with Crippen molar-refractivity contribution in [2.75, 3.05) is 72.6 Å². The Kier molecular flexibility index (Phi) is 18.6. The molecule has 0 saturated carbocycles. The quantitative estimate of drug-likeness (QED) is 0.114. The van der Waals surface area contributed by atoms with E-state index in [1.807, 2.05) is 57.5 Å². The van der Waals surface area contributed by atoms with E-state index in [1.165, 1.54) is 4.90 Å². The van der Waals surface area contributed by atoms with Crippen molar-refractivity contribution >= 4 is 35.0 Å². The van der Waals surface area contributed by atoms with Crippen molar-refractivity contribution in [2.45, 2.75) is 71.7 Å². The Morgan fingerprint density at radius 2 is 1.42 bits per heavy atom. The molecular formula is C36H54N4O11S. The van der Waals surface area contributed by atoms with Crippen LogP contribution in [0.3, 0.4) is 0 Å². The minimum absolute atomic E-state index is 0.00277. The predicted molar refractivity (Wildman–Crippen MR) is 193 cm³/mol. The van der Waals surface area contributed by atoms with Gasteiger partial charge in [-0.05, 0) is 23.5 Å². The monoisotopic (exact) mass is 750 g/mol. The lowest BCUT2D eigenvalue weighted by Gasteiger charge is -2.35. The number of β-amino-alcohol motifs (C(OH)–C–C–N with tert-alkyl or cyclic N) is 1. The number of hydrogen-bond acceptors (Lipinski definition) is 12. The van der Waals surface area contributed by atoms with Crippen LogP contribution in [0.4, 0.5) is 0 Å². The van der Waals surface area contributed by atoms with Crippen LogP contribution in [-0.4, -0.2) is 135 Å². The molecule has 1 aromatic carbocycles. The van der Waals surface area contributed by atoms with Gasteiger partial charge in [0.2, 0.25) is 17.7 Å². The molecular weight excluding hydrogens is 696 g/mol. The van der Waals surface area contributed by atoms with Gasteiger partial charge in [-0.15, -0.1) is 11.3 Å². The van der Waals surface area contributed by atoms with Crippen LogP contribution in [0, 0.1) is 12.3 Å². The smallest absolute Gasteiger partial charge is 0.305 e. The van der Waals surface area contributed by atoms with Crippen molar-refractivity contribution in [1.29, 1.82) is 0 Å². The van der Waals surface area contributed by atoms with Crippen LogP contribution in [0.25, 0.3) is 10.4 Å². The van der Waals surface area contributed by atoms with Crippen molar-refractivity contribution in [3.8, 4) is 10.4 Å². The van der Waals surface area contributed by atoms with Crippen LogP contribution in [0.5, 0.6) is 0 Å². The van der Waals surface area contributed by atoms with Crippen LogP contribution < -0.4 is 10.6 Å². The van der Waals surface area contributed by atoms with Crippen molar-refractivity contribution in [3.05, 3.63) is 41.0 Å². The fourth-order valence-electron chi connectivity index (χ4n) is 5.32. The summed E-state index contributed by atoms with van der Waals surface area (Å²) in [7, 11) is 0. The molecule has 1 aromatic heterocycles. The van der Waals surface area contributed by atoms with Crippen LogP contribution in [0.15, 0.2) is 29.8 Å². The van der Waals surface area contributed by atoms with Gasteiger partial charge in [-0.2, -0.15) is 0 Å². The number of rotatable bonds is 24. The second-order valence-electron chi connectivity index (χ2n) is 13.4. The summed E-state index contributed by atoms with van der Waals surface area (Å²) in [4.78, 5) is 57.1. The van der Waals surface area contributed by atoms with E-state index in [9.17, 15) is 24.3 Å². The second-order valence-corrected chi connectivity index (χ2v) is 14.3.